The third-order valence-electron chi connectivity index (χ3n) is 4.21. The van der Waals surface area contributed by atoms with Crippen molar-refractivity contribution < 1.29 is 9.59 Å². The van der Waals surface area contributed by atoms with Crippen molar-refractivity contribution >= 4 is 23.3 Å². The van der Waals surface area contributed by atoms with E-state index in [-0.39, 0.29) is 11.7 Å². The molecule has 0 aromatic heterocycles. The average Bonchev–Trinajstić information content (AvgIpc) is 2.63. The third-order valence-corrected chi connectivity index (χ3v) is 4.47. The zero-order valence-electron chi connectivity index (χ0n) is 13.3. The number of hydrogen-bond acceptors (Lipinski definition) is 3. The number of amides is 1. The van der Waals surface area contributed by atoms with Gasteiger partial charge in [-0.1, -0.05) is 41.9 Å². The lowest BCUT2D eigenvalue weighted by Crippen LogP contribution is -2.49. The number of hydrogen-bond donors (Lipinski definition) is 0. The summed E-state index contributed by atoms with van der Waals surface area (Å²) in [6.07, 6.45) is 0. The first-order valence-electron chi connectivity index (χ1n) is 7.99. The summed E-state index contributed by atoms with van der Waals surface area (Å²) in [5.74, 6) is 0.133. The van der Waals surface area contributed by atoms with E-state index in [0.717, 1.165) is 5.56 Å². The van der Waals surface area contributed by atoms with Crippen LogP contribution in [0.5, 0.6) is 0 Å². The van der Waals surface area contributed by atoms with Crippen LogP contribution >= 0.6 is 11.6 Å². The van der Waals surface area contributed by atoms with E-state index < -0.39 is 0 Å². The Kier molecular flexibility index (Phi) is 5.28. The maximum absolute atomic E-state index is 12.5. The highest BCUT2D eigenvalue weighted by atomic mass is 35.5. The number of benzene rings is 2. The Morgan fingerprint density at radius 2 is 1.46 bits per heavy atom. The summed E-state index contributed by atoms with van der Waals surface area (Å²) in [7, 11) is 0. The van der Waals surface area contributed by atoms with E-state index in [1.54, 1.807) is 24.3 Å². The zero-order chi connectivity index (χ0) is 16.9. The van der Waals surface area contributed by atoms with E-state index in [2.05, 4.69) is 4.90 Å². The minimum atomic E-state index is 0.0145. The number of ketones is 1. The maximum Gasteiger partial charge on any atom is 0.253 e. The molecule has 0 bridgehead atoms. The number of halogens is 1. The van der Waals surface area contributed by atoms with Crippen LogP contribution in [0, 0.1) is 0 Å². The van der Waals surface area contributed by atoms with Gasteiger partial charge in [-0.05, 0) is 24.3 Å². The second kappa shape index (κ2) is 7.60. The van der Waals surface area contributed by atoms with E-state index in [1.807, 2.05) is 35.2 Å². The second-order valence-corrected chi connectivity index (χ2v) is 6.30. The molecule has 1 heterocycles. The number of carbonyl (C=O) groups is 2. The number of Topliss-reactive ketones (excluding diaryl/α,β-unsaturated/α-hetero) is 1. The zero-order valence-corrected chi connectivity index (χ0v) is 14.1. The second-order valence-electron chi connectivity index (χ2n) is 5.86. The molecule has 0 spiro atoms. The Balaban J connectivity index is 1.53. The number of carbonyl (C=O) groups excluding carboxylic acids is 2. The SMILES string of the molecule is O=C(CN1CCN(C(=O)c2ccc(Cl)cc2)CC1)c1ccccc1. The van der Waals surface area contributed by atoms with Gasteiger partial charge < -0.3 is 4.90 Å². The lowest BCUT2D eigenvalue weighted by Gasteiger charge is -2.34. The summed E-state index contributed by atoms with van der Waals surface area (Å²) in [6, 6.07) is 16.3. The van der Waals surface area contributed by atoms with E-state index in [1.165, 1.54) is 0 Å². The Labute approximate surface area is 146 Å². The van der Waals surface area contributed by atoms with Gasteiger partial charge in [0, 0.05) is 42.3 Å². The molecule has 1 amide bonds. The van der Waals surface area contributed by atoms with Gasteiger partial charge in [0.2, 0.25) is 0 Å². The van der Waals surface area contributed by atoms with Gasteiger partial charge in [-0.3, -0.25) is 14.5 Å². The first-order chi connectivity index (χ1) is 11.6. The maximum atomic E-state index is 12.5. The molecule has 2 aromatic carbocycles. The molecule has 0 saturated carbocycles. The average molecular weight is 343 g/mol. The Morgan fingerprint density at radius 1 is 0.833 bits per heavy atom. The Morgan fingerprint density at radius 3 is 2.08 bits per heavy atom. The minimum absolute atomic E-state index is 0.0145. The predicted molar refractivity (Wildman–Crippen MR) is 94.6 cm³/mol. The third kappa shape index (κ3) is 4.02. The van der Waals surface area contributed by atoms with Gasteiger partial charge in [0.15, 0.2) is 5.78 Å². The normalized spacial score (nSPS) is 15.3. The van der Waals surface area contributed by atoms with E-state index in [9.17, 15) is 9.59 Å². The summed E-state index contributed by atoms with van der Waals surface area (Å²) >= 11 is 5.86. The highest BCUT2D eigenvalue weighted by Gasteiger charge is 2.23. The van der Waals surface area contributed by atoms with Gasteiger partial charge in [-0.2, -0.15) is 0 Å². The largest absolute Gasteiger partial charge is 0.336 e. The molecule has 1 saturated heterocycles. The fourth-order valence-corrected chi connectivity index (χ4v) is 2.93. The number of piperazine rings is 1. The van der Waals surface area contributed by atoms with Crippen molar-refractivity contribution in [3.05, 3.63) is 70.7 Å². The molecule has 0 N–H and O–H groups in total. The molecule has 0 aliphatic carbocycles. The molecule has 1 aliphatic rings. The lowest BCUT2D eigenvalue weighted by atomic mass is 10.1. The van der Waals surface area contributed by atoms with E-state index in [0.29, 0.717) is 43.3 Å². The van der Waals surface area contributed by atoms with Crippen molar-refractivity contribution in [2.75, 3.05) is 32.7 Å². The topological polar surface area (TPSA) is 40.6 Å². The molecule has 2 aromatic rings. The summed E-state index contributed by atoms with van der Waals surface area (Å²) in [6.45, 7) is 3.07. The van der Waals surface area contributed by atoms with Crippen molar-refractivity contribution in [3.8, 4) is 0 Å². The van der Waals surface area contributed by atoms with Crippen LogP contribution < -0.4 is 0 Å². The highest BCUT2D eigenvalue weighted by Crippen LogP contribution is 2.13. The molecule has 0 unspecified atom stereocenters. The van der Waals surface area contributed by atoms with Crippen molar-refractivity contribution in [1.29, 1.82) is 0 Å². The molecular formula is C19H19ClN2O2. The summed E-state index contributed by atoms with van der Waals surface area (Å²) < 4.78 is 0. The van der Waals surface area contributed by atoms with Crippen molar-refractivity contribution in [3.63, 3.8) is 0 Å². The fourth-order valence-electron chi connectivity index (χ4n) is 2.80. The van der Waals surface area contributed by atoms with Crippen LogP contribution in [0.3, 0.4) is 0 Å². The van der Waals surface area contributed by atoms with Gasteiger partial charge in [-0.25, -0.2) is 0 Å². The lowest BCUT2D eigenvalue weighted by molar-refractivity contribution is 0.0624. The number of rotatable bonds is 4. The molecule has 124 valence electrons. The van der Waals surface area contributed by atoms with Crippen LogP contribution in [0.1, 0.15) is 20.7 Å². The summed E-state index contributed by atoms with van der Waals surface area (Å²) in [5, 5.41) is 0.621. The van der Waals surface area contributed by atoms with Crippen LogP contribution in [0.4, 0.5) is 0 Å². The first kappa shape index (κ1) is 16.7. The number of nitrogens with zero attached hydrogens (tertiary/aromatic N) is 2. The van der Waals surface area contributed by atoms with Crippen LogP contribution in [-0.2, 0) is 0 Å². The van der Waals surface area contributed by atoms with Crippen LogP contribution in [-0.4, -0.2) is 54.2 Å². The summed E-state index contributed by atoms with van der Waals surface area (Å²) in [4.78, 5) is 28.6. The standard InChI is InChI=1S/C19H19ClN2O2/c20-17-8-6-16(7-9-17)19(24)22-12-10-21(11-13-22)14-18(23)15-4-2-1-3-5-15/h1-9H,10-14H2. The fraction of sp³-hybridized carbons (Fsp3) is 0.263. The molecule has 3 rings (SSSR count). The molecular weight excluding hydrogens is 324 g/mol. The summed E-state index contributed by atoms with van der Waals surface area (Å²) in [5.41, 5.74) is 1.38. The molecule has 0 radical (unpaired) electrons. The smallest absolute Gasteiger partial charge is 0.253 e. The highest BCUT2D eigenvalue weighted by molar-refractivity contribution is 6.30. The molecule has 4 nitrogen and oxygen atoms in total. The first-order valence-corrected chi connectivity index (χ1v) is 8.37. The van der Waals surface area contributed by atoms with Gasteiger partial charge in [0.25, 0.3) is 5.91 Å². The monoisotopic (exact) mass is 342 g/mol. The minimum Gasteiger partial charge on any atom is -0.336 e. The van der Waals surface area contributed by atoms with E-state index in [4.69, 9.17) is 11.6 Å². The predicted octanol–water partition coefficient (Wildman–Crippen LogP) is 2.98. The van der Waals surface area contributed by atoms with Gasteiger partial charge in [0.1, 0.15) is 0 Å². The Bertz CT molecular complexity index is 708. The Hall–Kier alpha value is -2.17. The molecule has 1 fully saturated rings. The molecule has 0 atom stereocenters. The van der Waals surface area contributed by atoms with Crippen LogP contribution in [0.2, 0.25) is 5.02 Å². The van der Waals surface area contributed by atoms with Gasteiger partial charge in [0.05, 0.1) is 6.54 Å². The molecule has 1 aliphatic heterocycles. The van der Waals surface area contributed by atoms with Crippen molar-refractivity contribution in [2.24, 2.45) is 0 Å². The van der Waals surface area contributed by atoms with Gasteiger partial charge in [-0.15, -0.1) is 0 Å². The van der Waals surface area contributed by atoms with Crippen LogP contribution in [0.15, 0.2) is 54.6 Å². The van der Waals surface area contributed by atoms with Crippen molar-refractivity contribution in [2.45, 2.75) is 0 Å². The molecule has 5 heteroatoms. The molecule has 24 heavy (non-hydrogen) atoms. The van der Waals surface area contributed by atoms with Crippen LogP contribution in [0.25, 0.3) is 0 Å². The van der Waals surface area contributed by atoms with Crippen molar-refractivity contribution in [1.82, 2.24) is 9.80 Å². The quantitative estimate of drug-likeness (QED) is 0.802. The van der Waals surface area contributed by atoms with Gasteiger partial charge >= 0.3 is 0 Å². The van der Waals surface area contributed by atoms with E-state index >= 15 is 0 Å².